The molecular formula is C14H17F3N2. The summed E-state index contributed by atoms with van der Waals surface area (Å²) in [5.41, 5.74) is -0.333. The number of nitriles is 1. The molecule has 104 valence electrons. The van der Waals surface area contributed by atoms with Gasteiger partial charge in [-0.05, 0) is 30.0 Å². The van der Waals surface area contributed by atoms with Crippen molar-refractivity contribution in [3.8, 4) is 6.07 Å². The molecule has 0 saturated carbocycles. The van der Waals surface area contributed by atoms with Crippen molar-refractivity contribution in [3.63, 3.8) is 0 Å². The van der Waals surface area contributed by atoms with Gasteiger partial charge in [0.05, 0.1) is 16.8 Å². The predicted octanol–water partition coefficient (Wildman–Crippen LogP) is 4.28. The molecule has 0 aliphatic rings. The third-order valence-electron chi connectivity index (χ3n) is 3.22. The molecule has 2 nitrogen and oxygen atoms in total. The summed E-state index contributed by atoms with van der Waals surface area (Å²) in [6.07, 6.45) is -4.42. The van der Waals surface area contributed by atoms with Crippen LogP contribution in [-0.2, 0) is 6.18 Å². The Hall–Kier alpha value is -1.70. The number of nitrogens with zero attached hydrogens (tertiary/aromatic N) is 1. The molecule has 1 rings (SSSR count). The Kier molecular flexibility index (Phi) is 4.82. The SMILES string of the molecule is CC(C)C(C)CNc1ccc(C(F)(F)F)cc1C#N. The molecule has 0 radical (unpaired) electrons. The van der Waals surface area contributed by atoms with Crippen LogP contribution in [0.15, 0.2) is 18.2 Å². The van der Waals surface area contributed by atoms with Gasteiger partial charge >= 0.3 is 6.18 Å². The average Bonchev–Trinajstić information content (AvgIpc) is 2.34. The summed E-state index contributed by atoms with van der Waals surface area (Å²) in [6, 6.07) is 4.98. The van der Waals surface area contributed by atoms with Crippen LogP contribution < -0.4 is 5.32 Å². The van der Waals surface area contributed by atoms with E-state index in [9.17, 15) is 13.2 Å². The van der Waals surface area contributed by atoms with E-state index in [2.05, 4.69) is 19.2 Å². The summed E-state index contributed by atoms with van der Waals surface area (Å²) in [7, 11) is 0. The van der Waals surface area contributed by atoms with Gasteiger partial charge in [-0.1, -0.05) is 20.8 Å². The first kappa shape index (κ1) is 15.4. The lowest BCUT2D eigenvalue weighted by molar-refractivity contribution is -0.137. The first-order valence-corrected chi connectivity index (χ1v) is 6.11. The number of hydrogen-bond acceptors (Lipinski definition) is 2. The lowest BCUT2D eigenvalue weighted by Gasteiger charge is -2.18. The normalized spacial score (nSPS) is 13.2. The first-order chi connectivity index (χ1) is 8.75. The maximum absolute atomic E-state index is 12.5. The Bertz CT molecular complexity index is 473. The van der Waals surface area contributed by atoms with Crippen LogP contribution in [0.1, 0.15) is 31.9 Å². The fourth-order valence-corrected chi connectivity index (χ4v) is 1.47. The van der Waals surface area contributed by atoms with Crippen LogP contribution in [0.4, 0.5) is 18.9 Å². The van der Waals surface area contributed by atoms with Crippen LogP contribution in [0.5, 0.6) is 0 Å². The monoisotopic (exact) mass is 270 g/mol. The number of nitrogens with one attached hydrogen (secondary N) is 1. The maximum atomic E-state index is 12.5. The van der Waals surface area contributed by atoms with E-state index >= 15 is 0 Å². The summed E-state index contributed by atoms with van der Waals surface area (Å²) in [6.45, 7) is 6.82. The third kappa shape index (κ3) is 4.16. The van der Waals surface area contributed by atoms with Crippen molar-refractivity contribution < 1.29 is 13.2 Å². The molecule has 1 atom stereocenters. The summed E-state index contributed by atoms with van der Waals surface area (Å²) in [5.74, 6) is 0.835. The zero-order chi connectivity index (χ0) is 14.6. The molecule has 19 heavy (non-hydrogen) atoms. The predicted molar refractivity (Wildman–Crippen MR) is 68.7 cm³/mol. The summed E-state index contributed by atoms with van der Waals surface area (Å²) in [4.78, 5) is 0. The highest BCUT2D eigenvalue weighted by Crippen LogP contribution is 2.31. The van der Waals surface area contributed by atoms with Gasteiger partial charge in [0.1, 0.15) is 6.07 Å². The smallest absolute Gasteiger partial charge is 0.384 e. The topological polar surface area (TPSA) is 35.8 Å². The second-order valence-corrected chi connectivity index (χ2v) is 4.97. The Morgan fingerprint density at radius 3 is 2.37 bits per heavy atom. The van der Waals surface area contributed by atoms with Gasteiger partial charge in [-0.25, -0.2) is 0 Å². The first-order valence-electron chi connectivity index (χ1n) is 6.11. The number of benzene rings is 1. The minimum Gasteiger partial charge on any atom is -0.384 e. The molecule has 0 saturated heterocycles. The van der Waals surface area contributed by atoms with Crippen LogP contribution in [0.25, 0.3) is 0 Å². The molecule has 0 aromatic heterocycles. The second kappa shape index (κ2) is 5.96. The van der Waals surface area contributed by atoms with E-state index in [1.54, 1.807) is 6.07 Å². The standard InChI is InChI=1S/C14H17F3N2/c1-9(2)10(3)8-19-13-5-4-12(14(15,16)17)6-11(13)7-18/h4-6,9-10,19H,8H2,1-3H3. The van der Waals surface area contributed by atoms with Gasteiger partial charge < -0.3 is 5.32 Å². The molecule has 0 spiro atoms. The maximum Gasteiger partial charge on any atom is 0.416 e. The van der Waals surface area contributed by atoms with E-state index < -0.39 is 11.7 Å². The minimum absolute atomic E-state index is 0.0192. The highest BCUT2D eigenvalue weighted by Gasteiger charge is 2.31. The molecule has 0 fully saturated rings. The van der Waals surface area contributed by atoms with Gasteiger partial charge in [0.2, 0.25) is 0 Å². The highest BCUT2D eigenvalue weighted by molar-refractivity contribution is 5.59. The lowest BCUT2D eigenvalue weighted by atomic mass is 9.98. The van der Waals surface area contributed by atoms with E-state index in [0.29, 0.717) is 24.1 Å². The second-order valence-electron chi connectivity index (χ2n) is 4.97. The van der Waals surface area contributed by atoms with E-state index in [4.69, 9.17) is 5.26 Å². The molecule has 0 heterocycles. The zero-order valence-corrected chi connectivity index (χ0v) is 11.2. The van der Waals surface area contributed by atoms with Crippen molar-refractivity contribution >= 4 is 5.69 Å². The average molecular weight is 270 g/mol. The molecule has 5 heteroatoms. The molecule has 0 aliphatic carbocycles. The van der Waals surface area contributed by atoms with Gasteiger partial charge in [0.15, 0.2) is 0 Å². The van der Waals surface area contributed by atoms with E-state index in [-0.39, 0.29) is 5.56 Å². The highest BCUT2D eigenvalue weighted by atomic mass is 19.4. The molecule has 1 unspecified atom stereocenters. The lowest BCUT2D eigenvalue weighted by Crippen LogP contribution is -2.17. The van der Waals surface area contributed by atoms with Gasteiger partial charge in [0, 0.05) is 6.54 Å². The number of alkyl halides is 3. The van der Waals surface area contributed by atoms with Crippen molar-refractivity contribution in [2.75, 3.05) is 11.9 Å². The Morgan fingerprint density at radius 2 is 1.89 bits per heavy atom. The van der Waals surface area contributed by atoms with Gasteiger partial charge in [0.25, 0.3) is 0 Å². The minimum atomic E-state index is -4.42. The zero-order valence-electron chi connectivity index (χ0n) is 11.2. The Balaban J connectivity index is 2.89. The van der Waals surface area contributed by atoms with E-state index in [1.165, 1.54) is 6.07 Å². The van der Waals surface area contributed by atoms with E-state index in [1.807, 2.05) is 6.92 Å². The summed E-state index contributed by atoms with van der Waals surface area (Å²) >= 11 is 0. The summed E-state index contributed by atoms with van der Waals surface area (Å²) < 4.78 is 37.6. The van der Waals surface area contributed by atoms with Crippen molar-refractivity contribution in [1.29, 1.82) is 5.26 Å². The van der Waals surface area contributed by atoms with Crippen LogP contribution >= 0.6 is 0 Å². The van der Waals surface area contributed by atoms with Crippen LogP contribution in [-0.4, -0.2) is 6.54 Å². The van der Waals surface area contributed by atoms with Gasteiger partial charge in [-0.2, -0.15) is 18.4 Å². The fraction of sp³-hybridized carbons (Fsp3) is 0.500. The molecule has 1 aromatic carbocycles. The quantitative estimate of drug-likeness (QED) is 0.886. The largest absolute Gasteiger partial charge is 0.416 e. The van der Waals surface area contributed by atoms with Crippen LogP contribution in [0.2, 0.25) is 0 Å². The van der Waals surface area contributed by atoms with Crippen molar-refractivity contribution in [3.05, 3.63) is 29.3 Å². The van der Waals surface area contributed by atoms with Crippen LogP contribution in [0, 0.1) is 23.2 Å². The van der Waals surface area contributed by atoms with Crippen LogP contribution in [0.3, 0.4) is 0 Å². The number of anilines is 1. The number of hydrogen-bond donors (Lipinski definition) is 1. The van der Waals surface area contributed by atoms with Crippen molar-refractivity contribution in [2.45, 2.75) is 26.9 Å². The van der Waals surface area contributed by atoms with Crippen molar-refractivity contribution in [2.24, 2.45) is 11.8 Å². The van der Waals surface area contributed by atoms with Crippen molar-refractivity contribution in [1.82, 2.24) is 0 Å². The molecule has 1 aromatic rings. The molecule has 0 amide bonds. The number of halogens is 3. The Labute approximate surface area is 111 Å². The number of rotatable bonds is 4. The van der Waals surface area contributed by atoms with E-state index in [0.717, 1.165) is 12.1 Å². The summed E-state index contributed by atoms with van der Waals surface area (Å²) in [5, 5.41) is 12.0. The van der Waals surface area contributed by atoms with Gasteiger partial charge in [-0.3, -0.25) is 0 Å². The Morgan fingerprint density at radius 1 is 1.26 bits per heavy atom. The third-order valence-corrected chi connectivity index (χ3v) is 3.22. The fourth-order valence-electron chi connectivity index (χ4n) is 1.47. The molecule has 0 aliphatic heterocycles. The molecule has 0 bridgehead atoms. The molecular weight excluding hydrogens is 253 g/mol. The van der Waals surface area contributed by atoms with Gasteiger partial charge in [-0.15, -0.1) is 0 Å². The molecule has 1 N–H and O–H groups in total.